The van der Waals surface area contributed by atoms with Gasteiger partial charge in [-0.25, -0.2) is 4.79 Å². The van der Waals surface area contributed by atoms with Gasteiger partial charge >= 0.3 is 5.97 Å². The number of aliphatic hydroxyl groups excluding tert-OH is 8. The van der Waals surface area contributed by atoms with Crippen molar-refractivity contribution in [3.05, 3.63) is 101 Å². The van der Waals surface area contributed by atoms with Crippen LogP contribution in [0.1, 0.15) is 11.1 Å². The molecular weight excluding hydrogens is 720 g/mol. The predicted molar refractivity (Wildman–Crippen MR) is 179 cm³/mol. The van der Waals surface area contributed by atoms with Gasteiger partial charge in [-0.05, 0) is 54.1 Å². The third-order valence-corrected chi connectivity index (χ3v) is 8.88. The van der Waals surface area contributed by atoms with Crippen molar-refractivity contribution in [3.63, 3.8) is 0 Å². The number of aromatic hydroxyl groups is 3. The highest BCUT2D eigenvalue weighted by atomic mass is 16.7. The highest BCUT2D eigenvalue weighted by molar-refractivity contribution is 5.87. The molecule has 0 amide bonds. The van der Waals surface area contributed by atoms with Crippen LogP contribution in [0.5, 0.6) is 17.2 Å². The van der Waals surface area contributed by atoms with Crippen molar-refractivity contribution in [2.24, 2.45) is 0 Å². The second-order valence-corrected chi connectivity index (χ2v) is 12.6. The summed E-state index contributed by atoms with van der Waals surface area (Å²) in [6.07, 6.45) is -11.9. The molecule has 11 atom stereocenters. The quantitative estimate of drug-likeness (QED) is 0.0790. The van der Waals surface area contributed by atoms with Crippen molar-refractivity contribution >= 4 is 17.8 Å². The number of phenolic OH excluding ortho intramolecular Hbond substituents is 3. The third kappa shape index (κ3) is 8.16. The standard InChI is InChI=1S/C36H38O18/c37-13-25-28(43)30(45)32(47)35(53-25)51-23-11-18(39)10-22-19(23)12-24(34(50-22)16-3-5-17(38)6-4-16)52-36-33(48)31(46)29(44)26(54-36)14-49-27(42)8-2-15-1-7-20(40)21(41)9-15/h1-12,22,25-26,28-33,35-41,43-48H,13-14H2. The maximum Gasteiger partial charge on any atom is 0.330 e. The minimum atomic E-state index is -1.88. The van der Waals surface area contributed by atoms with Gasteiger partial charge in [0.25, 0.3) is 0 Å². The first-order valence-corrected chi connectivity index (χ1v) is 16.5. The molecule has 1 aliphatic carbocycles. The molecule has 18 heteroatoms. The van der Waals surface area contributed by atoms with E-state index in [-0.39, 0.29) is 40.1 Å². The van der Waals surface area contributed by atoms with Gasteiger partial charge in [0.2, 0.25) is 12.6 Å². The number of phenols is 3. The molecule has 0 radical (unpaired) electrons. The molecule has 3 aliphatic heterocycles. The Bertz CT molecular complexity index is 1850. The summed E-state index contributed by atoms with van der Waals surface area (Å²) in [5, 5.41) is 113. The highest BCUT2D eigenvalue weighted by Crippen LogP contribution is 2.40. The van der Waals surface area contributed by atoms with Crippen LogP contribution in [0.2, 0.25) is 0 Å². The van der Waals surface area contributed by atoms with E-state index in [1.54, 1.807) is 0 Å². The Morgan fingerprint density at radius 2 is 1.39 bits per heavy atom. The number of hydrogen-bond donors (Lipinski definition) is 11. The molecule has 2 aromatic carbocycles. The SMILES string of the molecule is O=C(C=Cc1ccc(O)c(O)c1)OCC1OC(OC2=C(c3ccc(O)cc3)OC3C=C(O)C=C(OC4OC(CO)C(O)C(O)C4O)C3=C2)C(O)C(O)C1O. The number of ether oxygens (including phenoxy) is 6. The number of fused-ring (bicyclic) bond motifs is 1. The van der Waals surface area contributed by atoms with Gasteiger partial charge < -0.3 is 84.6 Å². The van der Waals surface area contributed by atoms with E-state index in [9.17, 15) is 61.0 Å². The zero-order valence-corrected chi connectivity index (χ0v) is 28.0. The summed E-state index contributed by atoms with van der Waals surface area (Å²) >= 11 is 0. The number of carbonyl (C=O) groups excluding carboxylic acids is 1. The van der Waals surface area contributed by atoms with Crippen molar-refractivity contribution in [1.82, 2.24) is 0 Å². The Balaban J connectivity index is 1.25. The lowest BCUT2D eigenvalue weighted by atomic mass is 9.96. The van der Waals surface area contributed by atoms with E-state index in [0.29, 0.717) is 11.1 Å². The summed E-state index contributed by atoms with van der Waals surface area (Å²) in [5.74, 6) is -2.46. The minimum Gasteiger partial charge on any atom is -0.508 e. The van der Waals surface area contributed by atoms with E-state index in [1.807, 2.05) is 0 Å². The first kappa shape index (κ1) is 38.6. The number of allylic oxidation sites excluding steroid dienone is 2. The highest BCUT2D eigenvalue weighted by Gasteiger charge is 2.48. The number of benzene rings is 2. The first-order valence-electron chi connectivity index (χ1n) is 16.5. The summed E-state index contributed by atoms with van der Waals surface area (Å²) < 4.78 is 34.5. The Morgan fingerprint density at radius 1 is 0.741 bits per heavy atom. The number of rotatable bonds is 10. The second kappa shape index (κ2) is 16.1. The van der Waals surface area contributed by atoms with Crippen LogP contribution in [0.3, 0.4) is 0 Å². The average Bonchev–Trinajstić information content (AvgIpc) is 3.15. The van der Waals surface area contributed by atoms with E-state index < -0.39 is 92.4 Å². The van der Waals surface area contributed by atoms with Crippen LogP contribution in [0, 0.1) is 0 Å². The lowest BCUT2D eigenvalue weighted by Crippen LogP contribution is -2.59. The van der Waals surface area contributed by atoms with Crippen molar-refractivity contribution in [1.29, 1.82) is 0 Å². The Hall–Kier alpha value is -5.15. The zero-order chi connectivity index (χ0) is 38.8. The molecule has 0 aromatic heterocycles. The van der Waals surface area contributed by atoms with Crippen molar-refractivity contribution in [2.45, 2.75) is 67.5 Å². The molecule has 0 spiro atoms. The molecule has 6 rings (SSSR count). The van der Waals surface area contributed by atoms with Crippen LogP contribution in [-0.4, -0.2) is 143 Å². The molecular formula is C36H38O18. The fraction of sp³-hybridized carbons (Fsp3) is 0.361. The molecule has 3 heterocycles. The van der Waals surface area contributed by atoms with E-state index in [4.69, 9.17) is 28.4 Å². The van der Waals surface area contributed by atoms with Crippen LogP contribution in [0.15, 0.2) is 89.6 Å². The van der Waals surface area contributed by atoms with Gasteiger partial charge in [-0.1, -0.05) is 6.07 Å². The lowest BCUT2D eigenvalue weighted by molar-refractivity contribution is -0.292. The van der Waals surface area contributed by atoms with Gasteiger partial charge in [0.1, 0.15) is 78.8 Å². The van der Waals surface area contributed by atoms with Crippen molar-refractivity contribution < 1.29 is 89.4 Å². The molecule has 11 N–H and O–H groups in total. The maximum atomic E-state index is 12.5. The Morgan fingerprint density at radius 3 is 2.06 bits per heavy atom. The molecule has 290 valence electrons. The fourth-order valence-electron chi connectivity index (χ4n) is 5.89. The second-order valence-electron chi connectivity index (χ2n) is 12.6. The molecule has 54 heavy (non-hydrogen) atoms. The Labute approximate surface area is 305 Å². The normalized spacial score (nSPS) is 32.5. The largest absolute Gasteiger partial charge is 0.508 e. The number of esters is 1. The maximum absolute atomic E-state index is 12.5. The molecule has 2 fully saturated rings. The monoisotopic (exact) mass is 758 g/mol. The van der Waals surface area contributed by atoms with Crippen LogP contribution in [0.4, 0.5) is 0 Å². The molecule has 11 unspecified atom stereocenters. The summed E-state index contributed by atoms with van der Waals surface area (Å²) in [7, 11) is 0. The van der Waals surface area contributed by atoms with Crippen LogP contribution in [0.25, 0.3) is 11.8 Å². The van der Waals surface area contributed by atoms with Gasteiger partial charge in [-0.15, -0.1) is 0 Å². The Kier molecular flexibility index (Phi) is 11.5. The molecule has 2 saturated heterocycles. The van der Waals surface area contributed by atoms with E-state index in [2.05, 4.69) is 0 Å². The summed E-state index contributed by atoms with van der Waals surface area (Å²) in [6.45, 7) is -1.35. The fourth-order valence-corrected chi connectivity index (χ4v) is 5.89. The zero-order valence-electron chi connectivity index (χ0n) is 28.0. The molecule has 4 aliphatic rings. The van der Waals surface area contributed by atoms with E-state index >= 15 is 0 Å². The number of carbonyl (C=O) groups is 1. The van der Waals surface area contributed by atoms with Crippen molar-refractivity contribution in [3.8, 4) is 17.2 Å². The predicted octanol–water partition coefficient (Wildman–Crippen LogP) is -0.966. The summed E-state index contributed by atoms with van der Waals surface area (Å²) in [6, 6.07) is 9.46. The summed E-state index contributed by atoms with van der Waals surface area (Å²) in [4.78, 5) is 12.5. The molecule has 0 saturated carbocycles. The summed E-state index contributed by atoms with van der Waals surface area (Å²) in [5.41, 5.74) is 0.807. The van der Waals surface area contributed by atoms with Gasteiger partial charge in [-0.2, -0.15) is 0 Å². The van der Waals surface area contributed by atoms with Crippen LogP contribution >= 0.6 is 0 Å². The third-order valence-electron chi connectivity index (χ3n) is 8.88. The van der Waals surface area contributed by atoms with Gasteiger partial charge in [0.05, 0.1) is 6.61 Å². The molecule has 18 nitrogen and oxygen atoms in total. The minimum absolute atomic E-state index is 0.0216. The smallest absolute Gasteiger partial charge is 0.330 e. The number of hydrogen-bond acceptors (Lipinski definition) is 18. The van der Waals surface area contributed by atoms with Crippen molar-refractivity contribution in [2.75, 3.05) is 13.2 Å². The molecule has 0 bridgehead atoms. The van der Waals surface area contributed by atoms with Crippen LogP contribution in [-0.2, 0) is 33.2 Å². The van der Waals surface area contributed by atoms with Gasteiger partial charge in [-0.3, -0.25) is 0 Å². The van der Waals surface area contributed by atoms with E-state index in [0.717, 1.165) is 12.2 Å². The first-order chi connectivity index (χ1) is 25.7. The van der Waals surface area contributed by atoms with Crippen LogP contribution < -0.4 is 0 Å². The van der Waals surface area contributed by atoms with Gasteiger partial charge in [0, 0.05) is 29.4 Å². The average molecular weight is 759 g/mol. The van der Waals surface area contributed by atoms with Gasteiger partial charge in [0.15, 0.2) is 23.0 Å². The molecule has 2 aromatic rings. The topological polar surface area (TPSA) is 295 Å². The van der Waals surface area contributed by atoms with E-state index in [1.165, 1.54) is 60.7 Å². The lowest BCUT2D eigenvalue weighted by Gasteiger charge is -2.41. The number of aliphatic hydroxyl groups is 8.